The molecule has 1 atom stereocenters. The third kappa shape index (κ3) is 5.63. The van der Waals surface area contributed by atoms with E-state index in [1.54, 1.807) is 43.3 Å². The standard InChI is InChI=1S/C23H21Cl2N3O4S/c1-14-6-8-26-23(27-14)28-33(30,31)19-4-2-15-12-21(29)16(10-17(15)11-19)7-9-32-22-5-3-18(24)13-20(22)25/h2-6,8,11,13,16H,7,9-10,12H2,1H3,(H,26,27,28). The molecule has 0 spiro atoms. The Labute approximate surface area is 202 Å². The lowest BCUT2D eigenvalue weighted by molar-refractivity contribution is -0.123. The number of fused-ring (bicyclic) bond motifs is 1. The molecule has 33 heavy (non-hydrogen) atoms. The Morgan fingerprint density at radius 1 is 1.12 bits per heavy atom. The Bertz CT molecular complexity index is 1310. The van der Waals surface area contributed by atoms with Gasteiger partial charge >= 0.3 is 0 Å². The number of hydrogen-bond acceptors (Lipinski definition) is 6. The number of benzene rings is 2. The van der Waals surface area contributed by atoms with Gasteiger partial charge in [-0.1, -0.05) is 29.3 Å². The van der Waals surface area contributed by atoms with Gasteiger partial charge in [-0.3, -0.25) is 4.79 Å². The van der Waals surface area contributed by atoms with Crippen LogP contribution in [0.2, 0.25) is 10.0 Å². The van der Waals surface area contributed by atoms with Crippen LogP contribution >= 0.6 is 23.2 Å². The molecular formula is C23H21Cl2N3O4S. The van der Waals surface area contributed by atoms with Gasteiger partial charge in [0, 0.05) is 29.3 Å². The molecule has 0 aliphatic heterocycles. The van der Waals surface area contributed by atoms with Crippen molar-refractivity contribution in [2.45, 2.75) is 31.1 Å². The largest absolute Gasteiger partial charge is 0.492 e. The first-order valence-electron chi connectivity index (χ1n) is 10.3. The van der Waals surface area contributed by atoms with E-state index in [0.717, 1.165) is 11.1 Å². The van der Waals surface area contributed by atoms with Crippen molar-refractivity contribution in [1.29, 1.82) is 0 Å². The topological polar surface area (TPSA) is 98.3 Å². The van der Waals surface area contributed by atoms with E-state index in [9.17, 15) is 13.2 Å². The molecule has 0 amide bonds. The van der Waals surface area contributed by atoms with Crippen molar-refractivity contribution >= 4 is 45.0 Å². The lowest BCUT2D eigenvalue weighted by Gasteiger charge is -2.24. The van der Waals surface area contributed by atoms with Gasteiger partial charge in [-0.2, -0.15) is 0 Å². The second-order valence-electron chi connectivity index (χ2n) is 7.81. The number of hydrogen-bond donors (Lipinski definition) is 1. The van der Waals surface area contributed by atoms with Crippen molar-refractivity contribution in [3.63, 3.8) is 0 Å². The summed E-state index contributed by atoms with van der Waals surface area (Å²) in [6.45, 7) is 2.05. The van der Waals surface area contributed by atoms with Crippen LogP contribution in [0.4, 0.5) is 5.95 Å². The van der Waals surface area contributed by atoms with Crippen LogP contribution in [-0.4, -0.2) is 30.8 Å². The van der Waals surface area contributed by atoms with Crippen LogP contribution in [0.15, 0.2) is 53.6 Å². The maximum absolute atomic E-state index is 12.8. The number of rotatable bonds is 7. The second kappa shape index (κ2) is 9.67. The highest BCUT2D eigenvalue weighted by molar-refractivity contribution is 7.92. The Kier molecular flexibility index (Phi) is 6.88. The summed E-state index contributed by atoms with van der Waals surface area (Å²) in [5, 5.41) is 0.920. The van der Waals surface area contributed by atoms with Gasteiger partial charge in [0.05, 0.1) is 16.5 Å². The molecule has 1 N–H and O–H groups in total. The summed E-state index contributed by atoms with van der Waals surface area (Å²) >= 11 is 12.0. The van der Waals surface area contributed by atoms with Gasteiger partial charge < -0.3 is 4.74 Å². The number of halogens is 2. The number of carbonyl (C=O) groups is 1. The van der Waals surface area contributed by atoms with E-state index in [2.05, 4.69) is 14.7 Å². The number of carbonyl (C=O) groups excluding carboxylic acids is 1. The van der Waals surface area contributed by atoms with Crippen molar-refractivity contribution in [2.75, 3.05) is 11.3 Å². The lowest BCUT2D eigenvalue weighted by atomic mass is 9.81. The van der Waals surface area contributed by atoms with Crippen LogP contribution in [0, 0.1) is 12.8 Å². The number of ether oxygens (including phenoxy) is 1. The Morgan fingerprint density at radius 3 is 2.70 bits per heavy atom. The van der Waals surface area contributed by atoms with E-state index in [1.807, 2.05) is 0 Å². The van der Waals surface area contributed by atoms with Gasteiger partial charge in [-0.05, 0) is 67.3 Å². The van der Waals surface area contributed by atoms with Gasteiger partial charge in [0.2, 0.25) is 5.95 Å². The summed E-state index contributed by atoms with van der Waals surface area (Å²) in [6.07, 6.45) is 2.68. The molecule has 10 heteroatoms. The highest BCUT2D eigenvalue weighted by atomic mass is 35.5. The smallest absolute Gasteiger partial charge is 0.264 e. The number of nitrogens with zero attached hydrogens (tertiary/aromatic N) is 2. The highest BCUT2D eigenvalue weighted by Crippen LogP contribution is 2.30. The minimum absolute atomic E-state index is 0.0128. The first-order chi connectivity index (χ1) is 15.7. The van der Waals surface area contributed by atoms with Gasteiger partial charge in [0.15, 0.2) is 0 Å². The summed E-state index contributed by atoms with van der Waals surface area (Å²) in [5.41, 5.74) is 2.32. The molecular weight excluding hydrogens is 485 g/mol. The summed E-state index contributed by atoms with van der Waals surface area (Å²) < 4.78 is 33.8. The molecule has 1 heterocycles. The quantitative estimate of drug-likeness (QED) is 0.501. The van der Waals surface area contributed by atoms with E-state index < -0.39 is 10.0 Å². The molecule has 1 aliphatic carbocycles. The molecule has 0 radical (unpaired) electrons. The third-order valence-electron chi connectivity index (χ3n) is 5.41. The Morgan fingerprint density at radius 2 is 1.94 bits per heavy atom. The van der Waals surface area contributed by atoms with E-state index in [0.29, 0.717) is 40.9 Å². The molecule has 3 aromatic rings. The summed E-state index contributed by atoms with van der Waals surface area (Å²) in [4.78, 5) is 20.8. The number of aromatic nitrogens is 2. The average Bonchev–Trinajstić information content (AvgIpc) is 2.75. The van der Waals surface area contributed by atoms with Crippen LogP contribution in [0.3, 0.4) is 0 Å². The van der Waals surface area contributed by atoms with Crippen molar-refractivity contribution < 1.29 is 17.9 Å². The number of ketones is 1. The van der Waals surface area contributed by atoms with Gasteiger partial charge in [-0.15, -0.1) is 0 Å². The van der Waals surface area contributed by atoms with Crippen LogP contribution in [0.1, 0.15) is 23.2 Å². The molecule has 0 fully saturated rings. The van der Waals surface area contributed by atoms with Gasteiger partial charge in [0.25, 0.3) is 10.0 Å². The van der Waals surface area contributed by atoms with Gasteiger partial charge in [-0.25, -0.2) is 23.1 Å². The molecule has 172 valence electrons. The minimum atomic E-state index is -3.87. The molecule has 4 rings (SSSR count). The number of aryl methyl sites for hydroxylation is 1. The highest BCUT2D eigenvalue weighted by Gasteiger charge is 2.28. The first-order valence-corrected chi connectivity index (χ1v) is 12.5. The fraction of sp³-hybridized carbons (Fsp3) is 0.261. The average molecular weight is 506 g/mol. The summed E-state index contributed by atoms with van der Waals surface area (Å²) in [7, 11) is -3.87. The van der Waals surface area contributed by atoms with E-state index >= 15 is 0 Å². The minimum Gasteiger partial charge on any atom is -0.492 e. The monoisotopic (exact) mass is 505 g/mol. The molecule has 1 aromatic heterocycles. The SMILES string of the molecule is Cc1ccnc(NS(=O)(=O)c2ccc3c(c2)CC(CCOc2ccc(Cl)cc2Cl)C(=O)C3)n1. The number of Topliss-reactive ketones (excluding diaryl/α,β-unsaturated/α-hetero) is 1. The number of nitrogens with one attached hydrogen (secondary N) is 1. The van der Waals surface area contributed by atoms with E-state index in [-0.39, 0.29) is 29.0 Å². The number of anilines is 1. The summed E-state index contributed by atoms with van der Waals surface area (Å²) in [5.74, 6) is 0.353. The molecule has 0 saturated carbocycles. The first kappa shape index (κ1) is 23.5. The molecule has 1 aliphatic rings. The predicted octanol–water partition coefficient (Wildman–Crippen LogP) is 4.65. The van der Waals surface area contributed by atoms with E-state index in [4.69, 9.17) is 27.9 Å². The van der Waals surface area contributed by atoms with E-state index in [1.165, 1.54) is 12.3 Å². The Balaban J connectivity index is 1.45. The Hall–Kier alpha value is -2.68. The predicted molar refractivity (Wildman–Crippen MR) is 126 cm³/mol. The molecule has 1 unspecified atom stereocenters. The van der Waals surface area contributed by atoms with Crippen molar-refractivity contribution in [3.05, 3.63) is 75.5 Å². The zero-order valence-electron chi connectivity index (χ0n) is 17.7. The fourth-order valence-corrected chi connectivity index (χ4v) is 5.15. The lowest BCUT2D eigenvalue weighted by Crippen LogP contribution is -2.27. The normalized spacial score (nSPS) is 15.7. The zero-order chi connectivity index (χ0) is 23.6. The van der Waals surface area contributed by atoms with Crippen molar-refractivity contribution in [3.8, 4) is 5.75 Å². The molecule has 0 bridgehead atoms. The zero-order valence-corrected chi connectivity index (χ0v) is 20.0. The van der Waals surface area contributed by atoms with Crippen molar-refractivity contribution in [2.24, 2.45) is 5.92 Å². The van der Waals surface area contributed by atoms with Crippen molar-refractivity contribution in [1.82, 2.24) is 9.97 Å². The van der Waals surface area contributed by atoms with Crippen LogP contribution < -0.4 is 9.46 Å². The van der Waals surface area contributed by atoms with Crippen LogP contribution in [0.5, 0.6) is 5.75 Å². The third-order valence-corrected chi connectivity index (χ3v) is 7.27. The fourth-order valence-electron chi connectivity index (χ4n) is 3.69. The van der Waals surface area contributed by atoms with Crippen LogP contribution in [0.25, 0.3) is 0 Å². The van der Waals surface area contributed by atoms with Crippen LogP contribution in [-0.2, 0) is 27.7 Å². The maximum Gasteiger partial charge on any atom is 0.264 e. The molecule has 7 nitrogen and oxygen atoms in total. The maximum atomic E-state index is 12.8. The molecule has 2 aromatic carbocycles. The summed E-state index contributed by atoms with van der Waals surface area (Å²) in [6, 6.07) is 11.4. The second-order valence-corrected chi connectivity index (χ2v) is 10.3. The molecule has 0 saturated heterocycles. The van der Waals surface area contributed by atoms with Gasteiger partial charge in [0.1, 0.15) is 11.5 Å². The number of sulfonamides is 1.